The number of pyridine rings is 1. The largest absolute Gasteiger partial charge is 0.416 e. The summed E-state index contributed by atoms with van der Waals surface area (Å²) in [5.41, 5.74) is 7.22. The molecule has 178 valence electrons. The van der Waals surface area contributed by atoms with Crippen molar-refractivity contribution in [1.29, 1.82) is 0 Å². The fraction of sp³-hybridized carbons (Fsp3) is 0.381. The van der Waals surface area contributed by atoms with E-state index in [4.69, 9.17) is 10.5 Å². The maximum Gasteiger partial charge on any atom is 0.416 e. The van der Waals surface area contributed by atoms with E-state index >= 15 is 0 Å². The average molecular weight is 473 g/mol. The van der Waals surface area contributed by atoms with Gasteiger partial charge in [0.15, 0.2) is 5.65 Å². The monoisotopic (exact) mass is 473 g/mol. The molecule has 1 aromatic carbocycles. The van der Waals surface area contributed by atoms with Crippen LogP contribution in [0.3, 0.4) is 0 Å². The van der Waals surface area contributed by atoms with E-state index in [-0.39, 0.29) is 5.69 Å². The summed E-state index contributed by atoms with van der Waals surface area (Å²) in [7, 11) is 0. The maximum atomic E-state index is 13.3. The highest BCUT2D eigenvalue weighted by atomic mass is 19.4. The first kappa shape index (κ1) is 22.1. The fourth-order valence-electron chi connectivity index (χ4n) is 4.08. The third-order valence-electron chi connectivity index (χ3n) is 5.73. The van der Waals surface area contributed by atoms with Crippen LogP contribution in [0.5, 0.6) is 0 Å². The number of morpholine rings is 1. The van der Waals surface area contributed by atoms with Crippen LogP contribution in [-0.2, 0) is 10.9 Å². The molecule has 0 saturated carbocycles. The molecule has 13 heteroatoms. The Balaban J connectivity index is 1.60. The van der Waals surface area contributed by atoms with Crippen molar-refractivity contribution in [3.8, 4) is 0 Å². The van der Waals surface area contributed by atoms with E-state index in [0.717, 1.165) is 17.8 Å². The van der Waals surface area contributed by atoms with Crippen molar-refractivity contribution in [3.63, 3.8) is 0 Å². The number of nitrogens with zero attached hydrogens (tertiary/aromatic N) is 7. The highest BCUT2D eigenvalue weighted by molar-refractivity contribution is 5.93. The highest BCUT2D eigenvalue weighted by Gasteiger charge is 2.31. The van der Waals surface area contributed by atoms with Crippen molar-refractivity contribution in [2.45, 2.75) is 26.1 Å². The third-order valence-corrected chi connectivity index (χ3v) is 5.73. The minimum Gasteiger partial charge on any atom is -0.399 e. The molecule has 0 amide bonds. The molecule has 1 aliphatic heterocycles. The Bertz CT molecular complexity index is 1370. The first-order valence-corrected chi connectivity index (χ1v) is 10.7. The number of alkyl halides is 3. The van der Waals surface area contributed by atoms with Crippen LogP contribution < -0.4 is 16.0 Å². The van der Waals surface area contributed by atoms with E-state index in [1.165, 1.54) is 6.07 Å². The average Bonchev–Trinajstić information content (AvgIpc) is 3.28. The van der Waals surface area contributed by atoms with E-state index in [1.54, 1.807) is 18.4 Å². The second-order valence-electron chi connectivity index (χ2n) is 8.15. The Labute approximate surface area is 191 Å². The normalized spacial score (nSPS) is 15.7. The number of nitrogens with one attached hydrogen (secondary N) is 1. The Morgan fingerprint density at radius 2 is 1.85 bits per heavy atom. The molecule has 0 aliphatic carbocycles. The van der Waals surface area contributed by atoms with Crippen LogP contribution in [0, 0.1) is 6.92 Å². The van der Waals surface area contributed by atoms with Crippen molar-refractivity contribution in [2.75, 3.05) is 42.3 Å². The quantitative estimate of drug-likeness (QED) is 0.431. The van der Waals surface area contributed by atoms with Gasteiger partial charge in [0.2, 0.25) is 5.65 Å². The van der Waals surface area contributed by atoms with Gasteiger partial charge in [0, 0.05) is 18.8 Å². The predicted molar refractivity (Wildman–Crippen MR) is 120 cm³/mol. The number of fused-ring (bicyclic) bond motifs is 3. The third kappa shape index (κ3) is 4.02. The lowest BCUT2D eigenvalue weighted by atomic mass is 10.0. The van der Waals surface area contributed by atoms with Crippen LogP contribution in [0.15, 0.2) is 24.3 Å². The van der Waals surface area contributed by atoms with Crippen LogP contribution in [0.25, 0.3) is 16.7 Å². The van der Waals surface area contributed by atoms with Crippen molar-refractivity contribution < 1.29 is 17.9 Å². The number of hydrogen-bond donors (Lipinski definition) is 2. The molecule has 0 spiro atoms. The van der Waals surface area contributed by atoms with E-state index in [1.807, 2.05) is 6.07 Å². The number of benzene rings is 1. The van der Waals surface area contributed by atoms with Crippen LogP contribution in [0.2, 0.25) is 0 Å². The Kier molecular flexibility index (Phi) is 5.35. The number of nitrogen functional groups attached to an aromatic ring is 1. The Morgan fingerprint density at radius 1 is 1.09 bits per heavy atom. The zero-order valence-corrected chi connectivity index (χ0v) is 18.5. The van der Waals surface area contributed by atoms with Gasteiger partial charge in [0.25, 0.3) is 0 Å². The second-order valence-corrected chi connectivity index (χ2v) is 8.15. The van der Waals surface area contributed by atoms with Crippen molar-refractivity contribution in [3.05, 3.63) is 41.2 Å². The maximum absolute atomic E-state index is 13.3. The first-order chi connectivity index (χ1) is 16.2. The Morgan fingerprint density at radius 3 is 2.59 bits per heavy atom. The molecular weight excluding hydrogens is 451 g/mol. The second kappa shape index (κ2) is 8.24. The number of halogens is 3. The highest BCUT2D eigenvalue weighted by Crippen LogP contribution is 2.35. The predicted octanol–water partition coefficient (Wildman–Crippen LogP) is 2.99. The molecule has 3 N–H and O–H groups in total. The summed E-state index contributed by atoms with van der Waals surface area (Å²) in [6.07, 6.45) is -4.50. The molecule has 0 unspecified atom stereocenters. The number of rotatable bonds is 4. The van der Waals surface area contributed by atoms with Gasteiger partial charge in [-0.2, -0.15) is 17.7 Å². The van der Waals surface area contributed by atoms with Gasteiger partial charge in [-0.05, 0) is 54.1 Å². The van der Waals surface area contributed by atoms with Crippen LogP contribution in [0.4, 0.5) is 30.4 Å². The molecule has 4 aromatic rings. The van der Waals surface area contributed by atoms with E-state index in [0.29, 0.717) is 60.2 Å². The number of ether oxygens (including phenoxy) is 1. The summed E-state index contributed by atoms with van der Waals surface area (Å²) in [5.74, 6) is 0.916. The number of aromatic nitrogens is 6. The van der Waals surface area contributed by atoms with E-state index in [9.17, 15) is 13.2 Å². The standard InChI is InChI=1S/C21H22F3N9O/c1-11(13-7-14(21(22,23)24)9-15(25)8-13)26-18-16-10-17(32-3-5-34-6-4-32)20-29-30-31-33(20)19(16)28-12(2)27-18/h7-11H,3-6,25H2,1-2H3,(H,26,27,28)/t11-/m1/s1. The number of hydrogen-bond acceptors (Lipinski definition) is 9. The topological polar surface area (TPSA) is 119 Å². The molecule has 0 bridgehead atoms. The van der Waals surface area contributed by atoms with Gasteiger partial charge in [0.05, 0.1) is 35.9 Å². The molecule has 1 atom stereocenters. The van der Waals surface area contributed by atoms with E-state index < -0.39 is 17.8 Å². The van der Waals surface area contributed by atoms with Gasteiger partial charge in [0.1, 0.15) is 11.6 Å². The number of aryl methyl sites for hydroxylation is 1. The molecule has 4 heterocycles. The number of anilines is 3. The molecule has 3 aromatic heterocycles. The molecule has 0 radical (unpaired) electrons. The molecule has 1 saturated heterocycles. The molecule has 1 fully saturated rings. The van der Waals surface area contributed by atoms with Crippen molar-refractivity contribution in [2.24, 2.45) is 0 Å². The lowest BCUT2D eigenvalue weighted by Crippen LogP contribution is -2.36. The Hall–Kier alpha value is -3.74. The van der Waals surface area contributed by atoms with Gasteiger partial charge in [-0.25, -0.2) is 9.97 Å². The lowest BCUT2D eigenvalue weighted by molar-refractivity contribution is -0.137. The van der Waals surface area contributed by atoms with Crippen molar-refractivity contribution >= 4 is 33.9 Å². The summed E-state index contributed by atoms with van der Waals surface area (Å²) in [6.45, 7) is 5.97. The van der Waals surface area contributed by atoms with Gasteiger partial charge in [-0.15, -0.1) is 5.10 Å². The molecule has 34 heavy (non-hydrogen) atoms. The zero-order chi connectivity index (χ0) is 24.0. The first-order valence-electron chi connectivity index (χ1n) is 10.7. The molecular formula is C21H22F3N9O. The minimum atomic E-state index is -4.50. The summed E-state index contributed by atoms with van der Waals surface area (Å²) in [6, 6.07) is 4.90. The smallest absolute Gasteiger partial charge is 0.399 e. The van der Waals surface area contributed by atoms with Gasteiger partial charge < -0.3 is 20.7 Å². The lowest BCUT2D eigenvalue weighted by Gasteiger charge is -2.29. The van der Waals surface area contributed by atoms with Gasteiger partial charge in [-0.3, -0.25) is 0 Å². The van der Waals surface area contributed by atoms with Crippen LogP contribution in [0.1, 0.15) is 29.9 Å². The SMILES string of the molecule is Cc1nc(N[C@H](C)c2cc(N)cc(C(F)(F)F)c2)c2cc(N3CCOCC3)c3nnnn3c2n1. The zero-order valence-electron chi connectivity index (χ0n) is 18.5. The molecule has 1 aliphatic rings. The summed E-state index contributed by atoms with van der Waals surface area (Å²) in [4.78, 5) is 11.2. The minimum absolute atomic E-state index is 0.0344. The number of nitrogens with two attached hydrogens (primary N) is 1. The fourth-order valence-corrected chi connectivity index (χ4v) is 4.08. The van der Waals surface area contributed by atoms with Gasteiger partial charge >= 0.3 is 6.18 Å². The van der Waals surface area contributed by atoms with E-state index in [2.05, 4.69) is 35.7 Å². The summed E-state index contributed by atoms with van der Waals surface area (Å²) < 4.78 is 46.9. The van der Waals surface area contributed by atoms with Gasteiger partial charge in [-0.1, -0.05) is 0 Å². The summed E-state index contributed by atoms with van der Waals surface area (Å²) in [5, 5.41) is 16.0. The van der Waals surface area contributed by atoms with Crippen LogP contribution in [-0.4, -0.2) is 56.3 Å². The molecule has 10 nitrogen and oxygen atoms in total. The molecule has 5 rings (SSSR count). The van der Waals surface area contributed by atoms with Crippen molar-refractivity contribution in [1.82, 2.24) is 30.0 Å². The number of tetrazole rings is 1. The van der Waals surface area contributed by atoms with Crippen LogP contribution >= 0.6 is 0 Å². The summed E-state index contributed by atoms with van der Waals surface area (Å²) >= 11 is 0.